The van der Waals surface area contributed by atoms with Crippen LogP contribution in [0.1, 0.15) is 13.8 Å². The lowest BCUT2D eigenvalue weighted by Crippen LogP contribution is -2.16. The molecule has 0 N–H and O–H groups in total. The maximum absolute atomic E-state index is 11.6. The summed E-state index contributed by atoms with van der Waals surface area (Å²) in [7, 11) is 0. The van der Waals surface area contributed by atoms with Gasteiger partial charge in [0.25, 0.3) is 0 Å². The van der Waals surface area contributed by atoms with Gasteiger partial charge < -0.3 is 4.74 Å². The largest absolute Gasteiger partial charge is 0.489 e. The summed E-state index contributed by atoms with van der Waals surface area (Å²) in [6, 6.07) is 0. The summed E-state index contributed by atoms with van der Waals surface area (Å²) < 4.78 is 39.1. The minimum absolute atomic E-state index is 0.222. The quantitative estimate of drug-likeness (QED) is 0.479. The van der Waals surface area contributed by atoms with Crippen LogP contribution in [0.4, 0.5) is 13.2 Å². The van der Waals surface area contributed by atoms with Crippen LogP contribution < -0.4 is 0 Å². The van der Waals surface area contributed by atoms with Crippen LogP contribution in [0.3, 0.4) is 0 Å². The lowest BCUT2D eigenvalue weighted by atomic mass is 10.3. The summed E-state index contributed by atoms with van der Waals surface area (Å²) >= 11 is 0. The van der Waals surface area contributed by atoms with E-state index in [1.54, 1.807) is 6.92 Å². The van der Waals surface area contributed by atoms with Crippen LogP contribution in [0.15, 0.2) is 24.0 Å². The molecular formula is C8H11F3O. The third kappa shape index (κ3) is 7.18. The average Bonchev–Trinajstić information content (AvgIpc) is 1.80. The molecule has 0 rings (SSSR count). The predicted molar refractivity (Wildman–Crippen MR) is 40.6 cm³/mol. The second-order valence-corrected chi connectivity index (χ2v) is 2.51. The molecule has 0 unspecified atom stereocenters. The topological polar surface area (TPSA) is 9.23 Å². The fraction of sp³-hybridized carbons (Fsp3) is 0.500. The number of hydrogen-bond acceptors (Lipinski definition) is 1. The van der Waals surface area contributed by atoms with Gasteiger partial charge in [0.1, 0.15) is 0 Å². The van der Waals surface area contributed by atoms with Gasteiger partial charge in [-0.2, -0.15) is 13.2 Å². The zero-order valence-electron chi connectivity index (χ0n) is 7.03. The van der Waals surface area contributed by atoms with Crippen molar-refractivity contribution in [3.05, 3.63) is 24.0 Å². The first-order valence-electron chi connectivity index (χ1n) is 3.34. The molecule has 0 aromatic carbocycles. The lowest BCUT2D eigenvalue weighted by molar-refractivity contribution is -0.164. The van der Waals surface area contributed by atoms with E-state index in [1.807, 2.05) is 0 Å². The first kappa shape index (κ1) is 11.1. The van der Waals surface area contributed by atoms with E-state index < -0.39 is 12.8 Å². The Morgan fingerprint density at radius 3 is 2.25 bits per heavy atom. The molecule has 12 heavy (non-hydrogen) atoms. The SMILES string of the molecule is C=C(C)C=C(C)OCC(F)(F)F. The van der Waals surface area contributed by atoms with Gasteiger partial charge >= 0.3 is 6.18 Å². The van der Waals surface area contributed by atoms with Crippen molar-refractivity contribution in [2.45, 2.75) is 20.0 Å². The molecule has 0 radical (unpaired) electrons. The summed E-state index contributed by atoms with van der Waals surface area (Å²) in [4.78, 5) is 0. The Bertz CT molecular complexity index is 191. The van der Waals surface area contributed by atoms with E-state index in [9.17, 15) is 13.2 Å². The Hall–Kier alpha value is -0.930. The number of allylic oxidation sites excluding steroid dienone is 3. The van der Waals surface area contributed by atoms with Crippen LogP contribution >= 0.6 is 0 Å². The Balaban J connectivity index is 3.87. The van der Waals surface area contributed by atoms with Gasteiger partial charge in [0.2, 0.25) is 0 Å². The summed E-state index contributed by atoms with van der Waals surface area (Å²) in [5.41, 5.74) is 0.662. The molecule has 0 spiro atoms. The molecule has 0 atom stereocenters. The highest BCUT2D eigenvalue weighted by molar-refractivity contribution is 5.13. The van der Waals surface area contributed by atoms with Gasteiger partial charge in [-0.05, 0) is 19.9 Å². The maximum Gasteiger partial charge on any atom is 0.422 e. The molecule has 0 aromatic rings. The van der Waals surface area contributed by atoms with Crippen molar-refractivity contribution in [3.63, 3.8) is 0 Å². The van der Waals surface area contributed by atoms with Crippen molar-refractivity contribution in [2.24, 2.45) is 0 Å². The number of halogens is 3. The van der Waals surface area contributed by atoms with E-state index in [0.29, 0.717) is 5.57 Å². The van der Waals surface area contributed by atoms with Gasteiger partial charge in [0, 0.05) is 0 Å². The highest BCUT2D eigenvalue weighted by atomic mass is 19.4. The fourth-order valence-electron chi connectivity index (χ4n) is 0.584. The molecule has 0 bridgehead atoms. The van der Waals surface area contributed by atoms with Crippen molar-refractivity contribution in [1.82, 2.24) is 0 Å². The summed E-state index contributed by atoms with van der Waals surface area (Å²) in [6.07, 6.45) is -2.82. The molecule has 70 valence electrons. The Morgan fingerprint density at radius 2 is 1.92 bits per heavy atom. The Labute approximate surface area is 69.5 Å². The van der Waals surface area contributed by atoms with Gasteiger partial charge in [-0.3, -0.25) is 0 Å². The molecule has 1 nitrogen and oxygen atoms in total. The second-order valence-electron chi connectivity index (χ2n) is 2.51. The van der Waals surface area contributed by atoms with Crippen LogP contribution in [0.2, 0.25) is 0 Å². The molecule has 0 saturated heterocycles. The molecule has 0 aliphatic heterocycles. The number of hydrogen-bond donors (Lipinski definition) is 0. The fourth-order valence-corrected chi connectivity index (χ4v) is 0.584. The molecule has 0 aliphatic carbocycles. The van der Waals surface area contributed by atoms with Crippen molar-refractivity contribution < 1.29 is 17.9 Å². The molecule has 0 aliphatic rings. The maximum atomic E-state index is 11.6. The number of alkyl halides is 3. The highest BCUT2D eigenvalue weighted by Gasteiger charge is 2.28. The molecule has 4 heteroatoms. The third-order valence-electron chi connectivity index (χ3n) is 0.913. The third-order valence-corrected chi connectivity index (χ3v) is 0.913. The standard InChI is InChI=1S/C8H11F3O/c1-6(2)4-7(3)12-5-8(9,10)11/h4H,1,5H2,2-3H3. The molecular weight excluding hydrogens is 169 g/mol. The zero-order valence-corrected chi connectivity index (χ0v) is 7.03. The smallest absolute Gasteiger partial charge is 0.422 e. The minimum Gasteiger partial charge on any atom is -0.489 e. The van der Waals surface area contributed by atoms with Crippen LogP contribution in [0.5, 0.6) is 0 Å². The highest BCUT2D eigenvalue weighted by Crippen LogP contribution is 2.16. The van der Waals surface area contributed by atoms with Crippen LogP contribution in [0, 0.1) is 0 Å². The summed E-state index contributed by atoms with van der Waals surface area (Å²) in [6.45, 7) is 5.39. The van der Waals surface area contributed by atoms with Crippen molar-refractivity contribution in [1.29, 1.82) is 0 Å². The minimum atomic E-state index is -4.27. The van der Waals surface area contributed by atoms with Gasteiger partial charge in [0.05, 0.1) is 5.76 Å². The van der Waals surface area contributed by atoms with E-state index in [0.717, 1.165) is 0 Å². The van der Waals surface area contributed by atoms with Crippen LogP contribution in [-0.2, 0) is 4.74 Å². The predicted octanol–water partition coefficient (Wildman–Crippen LogP) is 3.05. The monoisotopic (exact) mass is 180 g/mol. The Kier molecular flexibility index (Phi) is 3.86. The number of ether oxygens (including phenoxy) is 1. The van der Waals surface area contributed by atoms with Crippen LogP contribution in [-0.4, -0.2) is 12.8 Å². The second kappa shape index (κ2) is 4.18. The van der Waals surface area contributed by atoms with E-state index in [4.69, 9.17) is 0 Å². The lowest BCUT2D eigenvalue weighted by Gasteiger charge is -2.08. The van der Waals surface area contributed by atoms with Crippen molar-refractivity contribution >= 4 is 0 Å². The zero-order chi connectivity index (χ0) is 9.78. The van der Waals surface area contributed by atoms with Gasteiger partial charge in [-0.25, -0.2) is 0 Å². The van der Waals surface area contributed by atoms with E-state index in [-0.39, 0.29) is 5.76 Å². The Morgan fingerprint density at radius 1 is 1.42 bits per heavy atom. The van der Waals surface area contributed by atoms with Crippen molar-refractivity contribution in [2.75, 3.05) is 6.61 Å². The van der Waals surface area contributed by atoms with E-state index >= 15 is 0 Å². The van der Waals surface area contributed by atoms with Gasteiger partial charge in [-0.15, -0.1) is 0 Å². The summed E-state index contributed by atoms with van der Waals surface area (Å²) in [5, 5.41) is 0. The number of rotatable bonds is 3. The van der Waals surface area contributed by atoms with E-state index in [1.165, 1.54) is 13.0 Å². The molecule has 0 aromatic heterocycles. The normalized spacial score (nSPS) is 12.9. The average molecular weight is 180 g/mol. The molecule has 0 heterocycles. The van der Waals surface area contributed by atoms with Gasteiger partial charge in [0.15, 0.2) is 6.61 Å². The van der Waals surface area contributed by atoms with Crippen LogP contribution in [0.25, 0.3) is 0 Å². The van der Waals surface area contributed by atoms with E-state index in [2.05, 4.69) is 11.3 Å². The summed E-state index contributed by atoms with van der Waals surface area (Å²) in [5.74, 6) is 0.222. The first-order valence-corrected chi connectivity index (χ1v) is 3.34. The molecule has 0 saturated carbocycles. The first-order chi connectivity index (χ1) is 5.31. The molecule has 0 fully saturated rings. The van der Waals surface area contributed by atoms with Gasteiger partial charge in [-0.1, -0.05) is 12.2 Å². The molecule has 0 amide bonds. The van der Waals surface area contributed by atoms with Crippen molar-refractivity contribution in [3.8, 4) is 0 Å².